The fourth-order valence-electron chi connectivity index (χ4n) is 2.18. The van der Waals surface area contributed by atoms with Crippen molar-refractivity contribution in [2.75, 3.05) is 0 Å². The van der Waals surface area contributed by atoms with Gasteiger partial charge >= 0.3 is 0 Å². The molecule has 0 spiro atoms. The normalized spacial score (nSPS) is 13.7. The van der Waals surface area contributed by atoms with Crippen LogP contribution in [0.3, 0.4) is 0 Å². The van der Waals surface area contributed by atoms with Gasteiger partial charge in [-0.1, -0.05) is 39.1 Å². The van der Waals surface area contributed by atoms with Crippen molar-refractivity contribution in [2.24, 2.45) is 0 Å². The quantitative estimate of drug-likeness (QED) is 0.701. The molecule has 0 radical (unpaired) electrons. The van der Waals surface area contributed by atoms with Crippen molar-refractivity contribution in [3.63, 3.8) is 0 Å². The van der Waals surface area contributed by atoms with Gasteiger partial charge in [0, 0.05) is 26.3 Å². The molecule has 0 N–H and O–H groups in total. The summed E-state index contributed by atoms with van der Waals surface area (Å²) < 4.78 is 0.918. The van der Waals surface area contributed by atoms with Crippen LogP contribution in [0.4, 0.5) is 0 Å². The van der Waals surface area contributed by atoms with Gasteiger partial charge in [-0.25, -0.2) is 9.97 Å². The topological polar surface area (TPSA) is 25.8 Å². The Morgan fingerprint density at radius 2 is 1.94 bits per heavy atom. The summed E-state index contributed by atoms with van der Waals surface area (Å²) in [4.78, 5) is 8.98. The minimum atomic E-state index is 0.569. The lowest BCUT2D eigenvalue weighted by molar-refractivity contribution is 0.900. The smallest absolute Gasteiger partial charge is 0.162 e. The van der Waals surface area contributed by atoms with E-state index in [1.54, 1.807) is 0 Å². The third-order valence-corrected chi connectivity index (χ3v) is 4.29. The number of aryl methyl sites for hydroxylation is 1. The number of benzene rings is 1. The Morgan fingerprint density at radius 3 is 2.78 bits per heavy atom. The van der Waals surface area contributed by atoms with Gasteiger partial charge in [-0.15, -0.1) is 0 Å². The van der Waals surface area contributed by atoms with Gasteiger partial charge in [0.2, 0.25) is 0 Å². The molecule has 1 aromatic carbocycles. The van der Waals surface area contributed by atoms with Gasteiger partial charge in [0.15, 0.2) is 5.82 Å². The van der Waals surface area contributed by atoms with Crippen LogP contribution in [0.2, 0.25) is 10.2 Å². The summed E-state index contributed by atoms with van der Waals surface area (Å²) >= 11 is 15.7. The summed E-state index contributed by atoms with van der Waals surface area (Å²) in [6.45, 7) is 0. The third-order valence-electron chi connectivity index (χ3n) is 3.05. The molecule has 92 valence electrons. The van der Waals surface area contributed by atoms with Gasteiger partial charge in [-0.2, -0.15) is 0 Å². The zero-order valence-corrected chi connectivity index (χ0v) is 12.5. The minimum absolute atomic E-state index is 0.569. The Balaban J connectivity index is 2.18. The summed E-state index contributed by atoms with van der Waals surface area (Å²) in [5.74, 6) is 0.634. The number of fused-ring (bicyclic) bond motifs is 1. The lowest BCUT2D eigenvalue weighted by Gasteiger charge is -2.07. The maximum Gasteiger partial charge on any atom is 0.162 e. The van der Waals surface area contributed by atoms with E-state index in [0.29, 0.717) is 16.0 Å². The average molecular weight is 344 g/mol. The second kappa shape index (κ2) is 4.80. The van der Waals surface area contributed by atoms with Gasteiger partial charge in [0.1, 0.15) is 5.15 Å². The number of nitrogens with zero attached hydrogens (tertiary/aromatic N) is 2. The van der Waals surface area contributed by atoms with Gasteiger partial charge in [0.25, 0.3) is 0 Å². The van der Waals surface area contributed by atoms with Gasteiger partial charge in [0.05, 0.1) is 0 Å². The number of rotatable bonds is 1. The number of hydrogen-bond donors (Lipinski definition) is 0. The average Bonchev–Trinajstić information content (AvgIpc) is 2.81. The molecule has 0 saturated carbocycles. The van der Waals surface area contributed by atoms with Crippen LogP contribution < -0.4 is 0 Å². The summed E-state index contributed by atoms with van der Waals surface area (Å²) in [6.07, 6.45) is 3.05. The lowest BCUT2D eigenvalue weighted by atomic mass is 10.2. The molecule has 3 rings (SSSR count). The Bertz CT molecular complexity index is 629. The molecule has 1 heterocycles. The van der Waals surface area contributed by atoms with E-state index in [4.69, 9.17) is 23.2 Å². The maximum absolute atomic E-state index is 6.22. The molecule has 18 heavy (non-hydrogen) atoms. The Morgan fingerprint density at radius 1 is 1.11 bits per heavy atom. The second-order valence-electron chi connectivity index (χ2n) is 4.24. The molecule has 0 bridgehead atoms. The summed E-state index contributed by atoms with van der Waals surface area (Å²) in [5, 5.41) is 1.23. The molecule has 1 aromatic heterocycles. The molecule has 0 saturated heterocycles. The molecule has 2 aromatic rings. The fourth-order valence-corrected chi connectivity index (χ4v) is 3.06. The van der Waals surface area contributed by atoms with E-state index < -0.39 is 0 Å². The molecule has 1 aliphatic rings. The van der Waals surface area contributed by atoms with Crippen molar-refractivity contribution < 1.29 is 0 Å². The zero-order valence-electron chi connectivity index (χ0n) is 9.38. The SMILES string of the molecule is Clc1ccc(Br)c(-c2nc(Cl)c3c(n2)CCC3)c1. The van der Waals surface area contributed by atoms with Crippen molar-refractivity contribution in [1.82, 2.24) is 9.97 Å². The highest BCUT2D eigenvalue weighted by molar-refractivity contribution is 9.10. The first-order chi connectivity index (χ1) is 8.65. The standard InChI is InChI=1S/C13H9BrCl2N2/c14-10-5-4-7(15)6-9(10)13-17-11-3-1-2-8(11)12(16)18-13/h4-6H,1-3H2. The molecular weight excluding hydrogens is 335 g/mol. The van der Waals surface area contributed by atoms with Crippen LogP contribution in [0, 0.1) is 0 Å². The van der Waals surface area contributed by atoms with Crippen LogP contribution in [0.1, 0.15) is 17.7 Å². The Labute approximate surface area is 123 Å². The van der Waals surface area contributed by atoms with Crippen LogP contribution in [-0.2, 0) is 12.8 Å². The predicted octanol–water partition coefficient (Wildman–Crippen LogP) is 4.70. The number of halogens is 3. The fraction of sp³-hybridized carbons (Fsp3) is 0.231. The molecular formula is C13H9BrCl2N2. The highest BCUT2D eigenvalue weighted by Gasteiger charge is 2.19. The van der Waals surface area contributed by atoms with Crippen molar-refractivity contribution in [1.29, 1.82) is 0 Å². The van der Waals surface area contributed by atoms with Crippen LogP contribution in [0.25, 0.3) is 11.4 Å². The highest BCUT2D eigenvalue weighted by Crippen LogP contribution is 2.33. The molecule has 0 unspecified atom stereocenters. The van der Waals surface area contributed by atoms with E-state index in [-0.39, 0.29) is 0 Å². The first-order valence-corrected chi connectivity index (χ1v) is 7.21. The van der Waals surface area contributed by atoms with Crippen molar-refractivity contribution in [3.05, 3.63) is 44.1 Å². The predicted molar refractivity (Wildman–Crippen MR) is 77.2 cm³/mol. The molecule has 0 amide bonds. The maximum atomic E-state index is 6.22. The Kier molecular flexibility index (Phi) is 3.31. The van der Waals surface area contributed by atoms with E-state index in [1.165, 1.54) is 0 Å². The third kappa shape index (κ3) is 2.15. The minimum Gasteiger partial charge on any atom is -0.233 e. The summed E-state index contributed by atoms with van der Waals surface area (Å²) in [7, 11) is 0. The molecule has 1 aliphatic carbocycles. The largest absolute Gasteiger partial charge is 0.233 e. The second-order valence-corrected chi connectivity index (χ2v) is 5.89. The van der Waals surface area contributed by atoms with Crippen LogP contribution in [0.15, 0.2) is 22.7 Å². The molecule has 0 fully saturated rings. The van der Waals surface area contributed by atoms with Crippen molar-refractivity contribution >= 4 is 39.1 Å². The van der Waals surface area contributed by atoms with Crippen molar-refractivity contribution in [3.8, 4) is 11.4 Å². The molecule has 5 heteroatoms. The van der Waals surface area contributed by atoms with E-state index in [2.05, 4.69) is 25.9 Å². The summed E-state index contributed by atoms with van der Waals surface area (Å²) in [6, 6.07) is 5.56. The monoisotopic (exact) mass is 342 g/mol. The van der Waals surface area contributed by atoms with E-state index in [0.717, 1.165) is 40.6 Å². The van der Waals surface area contributed by atoms with E-state index in [9.17, 15) is 0 Å². The van der Waals surface area contributed by atoms with Crippen LogP contribution >= 0.6 is 39.1 Å². The van der Waals surface area contributed by atoms with Crippen LogP contribution in [0.5, 0.6) is 0 Å². The Hall–Kier alpha value is -0.640. The number of aromatic nitrogens is 2. The van der Waals surface area contributed by atoms with Crippen LogP contribution in [-0.4, -0.2) is 9.97 Å². The van der Waals surface area contributed by atoms with Crippen molar-refractivity contribution in [2.45, 2.75) is 19.3 Å². The first-order valence-electron chi connectivity index (χ1n) is 5.66. The molecule has 0 aliphatic heterocycles. The highest BCUT2D eigenvalue weighted by atomic mass is 79.9. The number of hydrogen-bond acceptors (Lipinski definition) is 2. The van der Waals surface area contributed by atoms with Gasteiger partial charge in [-0.3, -0.25) is 0 Å². The van der Waals surface area contributed by atoms with E-state index >= 15 is 0 Å². The van der Waals surface area contributed by atoms with E-state index in [1.807, 2.05) is 18.2 Å². The lowest BCUT2D eigenvalue weighted by Crippen LogP contribution is -1.98. The van der Waals surface area contributed by atoms with Gasteiger partial charge < -0.3 is 0 Å². The van der Waals surface area contributed by atoms with Gasteiger partial charge in [-0.05, 0) is 37.5 Å². The molecule has 0 atom stereocenters. The zero-order chi connectivity index (χ0) is 12.7. The first kappa shape index (κ1) is 12.4. The molecule has 2 nitrogen and oxygen atoms in total. The summed E-state index contributed by atoms with van der Waals surface area (Å²) in [5.41, 5.74) is 3.04.